The fraction of sp³-hybridized carbons (Fsp3) is 0.564. The Morgan fingerprint density at radius 1 is 0.789 bits per heavy atom. The number of carbonyl (C=O) groups excluding carboxylic acids is 4. The molecule has 14 nitrogen and oxygen atoms in total. The highest BCUT2D eigenvalue weighted by atomic mass is 32.2. The predicted octanol–water partition coefficient (Wildman–Crippen LogP) is 9.40. The zero-order valence-electron chi connectivity index (χ0n) is 42.9. The lowest BCUT2D eigenvalue weighted by atomic mass is 9.90. The van der Waals surface area contributed by atoms with Crippen LogP contribution in [0, 0.1) is 12.8 Å². The summed E-state index contributed by atoms with van der Waals surface area (Å²) in [4.78, 5) is 60.1. The van der Waals surface area contributed by atoms with Gasteiger partial charge in [0.25, 0.3) is 10.1 Å². The van der Waals surface area contributed by atoms with Crippen LogP contribution in [0.25, 0.3) is 21.5 Å². The first-order valence-corrected chi connectivity index (χ1v) is 28.6. The van der Waals surface area contributed by atoms with Gasteiger partial charge in [0.05, 0.1) is 17.5 Å². The summed E-state index contributed by atoms with van der Waals surface area (Å²) in [6.45, 7) is 12.8. The first-order chi connectivity index (χ1) is 34.0. The molecule has 7 rings (SSSR count). The number of hydrogen-bond donors (Lipinski definition) is 3. The number of hydrogen-bond acceptors (Lipinski definition) is 10. The molecule has 71 heavy (non-hydrogen) atoms. The van der Waals surface area contributed by atoms with Crippen LogP contribution in [0.2, 0.25) is 0 Å². The molecule has 0 aliphatic carbocycles. The Labute approximate surface area is 425 Å². The van der Waals surface area contributed by atoms with E-state index >= 15 is 0 Å². The second kappa shape index (κ2) is 30.5. The SMILES string of the molecule is CCC.CCC.Cc1cccc2cc(OC(=O)[C@@H]3CCCN3C(=O)[C@H](CCS(=O)(=O)O)NC(=O)[C@@H]3CCCN3CCCC(=O)[C@@H](CC[C@@H]3CCCN3C)CCS(=O)O)ccc12.c1ccc2ccccc2c1. The summed E-state index contributed by atoms with van der Waals surface area (Å²) in [6, 6.07) is 25.4. The van der Waals surface area contributed by atoms with Gasteiger partial charge >= 0.3 is 5.97 Å². The number of aryl methyl sites for hydroxylation is 1. The molecule has 3 saturated heterocycles. The first kappa shape index (κ1) is 59.0. The molecule has 392 valence electrons. The molecule has 1 unspecified atom stereocenters. The van der Waals surface area contributed by atoms with Crippen molar-refractivity contribution in [3.05, 3.63) is 90.5 Å². The molecular formula is C55H80N4O10S2. The third kappa shape index (κ3) is 19.4. The van der Waals surface area contributed by atoms with E-state index in [1.165, 1.54) is 28.5 Å². The monoisotopic (exact) mass is 1020 g/mol. The van der Waals surface area contributed by atoms with Crippen molar-refractivity contribution in [2.24, 2.45) is 5.92 Å². The average molecular weight is 1020 g/mol. The van der Waals surface area contributed by atoms with E-state index in [2.05, 4.69) is 93.5 Å². The van der Waals surface area contributed by atoms with Crippen LogP contribution in [0.15, 0.2) is 84.9 Å². The number of carbonyl (C=O) groups is 4. The van der Waals surface area contributed by atoms with E-state index in [1.807, 2.05) is 36.1 Å². The molecule has 0 spiro atoms. The standard InChI is InChI=1S/C39H56N4O10S2.C10H8.2C3H8/c1-27-8-3-9-29-26-31(16-17-32(27)29)53-39(47)35-12-6-23-43(35)38(46)33(19-25-55(50,51)52)40-37(45)34-11-5-21-42(34)22-7-13-36(44)28(18-24-54(48)49)14-15-30-10-4-20-41(30)2;1-2-6-10-8-4-3-7-9(10)5-1;2*1-3-2/h3,8-9,16-17,26,28,30,33-35H,4-7,10-15,18-25H2,1-2H3,(H,40,45)(H,48,49)(H,50,51,52);1-8H;2*3H2,1-2H3/t28-,30-,33-,34-,35-;;;/m0.../s1. The quantitative estimate of drug-likeness (QED) is 0.0350. The number of nitrogens with zero attached hydrogens (tertiary/aromatic N) is 3. The van der Waals surface area contributed by atoms with Crippen molar-refractivity contribution in [1.29, 1.82) is 0 Å². The van der Waals surface area contributed by atoms with Gasteiger partial charge in [-0.3, -0.25) is 23.8 Å². The molecule has 3 N–H and O–H groups in total. The fourth-order valence-electron chi connectivity index (χ4n) is 9.57. The van der Waals surface area contributed by atoms with E-state index in [4.69, 9.17) is 4.74 Å². The maximum Gasteiger partial charge on any atom is 0.334 e. The Balaban J connectivity index is 0.000000581. The number of nitrogens with one attached hydrogen (secondary N) is 1. The van der Waals surface area contributed by atoms with E-state index in [-0.39, 0.29) is 36.8 Å². The second-order valence-corrected chi connectivity index (χ2v) is 21.7. The van der Waals surface area contributed by atoms with Gasteiger partial charge < -0.3 is 24.4 Å². The molecule has 4 aromatic carbocycles. The molecule has 2 amide bonds. The molecule has 6 atom stereocenters. The Morgan fingerprint density at radius 2 is 1.39 bits per heavy atom. The van der Waals surface area contributed by atoms with Crippen LogP contribution in [0.3, 0.4) is 0 Å². The Bertz CT molecular complexity index is 2380. The third-order valence-electron chi connectivity index (χ3n) is 13.2. The molecular weight excluding hydrogens is 941 g/mol. The van der Waals surface area contributed by atoms with Crippen molar-refractivity contribution in [3.63, 3.8) is 0 Å². The number of benzene rings is 4. The highest BCUT2D eigenvalue weighted by Crippen LogP contribution is 2.28. The minimum atomic E-state index is -4.47. The van der Waals surface area contributed by atoms with Crippen LogP contribution >= 0.6 is 0 Å². The zero-order chi connectivity index (χ0) is 51.9. The summed E-state index contributed by atoms with van der Waals surface area (Å²) in [6.07, 6.45) is 9.02. The van der Waals surface area contributed by atoms with Gasteiger partial charge in [-0.2, -0.15) is 8.42 Å². The molecule has 4 aromatic rings. The van der Waals surface area contributed by atoms with Crippen LogP contribution in [0.1, 0.15) is 123 Å². The van der Waals surface area contributed by atoms with Gasteiger partial charge in [-0.15, -0.1) is 0 Å². The van der Waals surface area contributed by atoms with Crippen LogP contribution in [-0.4, -0.2) is 129 Å². The molecule has 0 aromatic heterocycles. The molecule has 16 heteroatoms. The number of Topliss-reactive ketones (excluding diaryl/α,β-unsaturated/α-hetero) is 1. The summed E-state index contributed by atoms with van der Waals surface area (Å²) in [5, 5.41) is 7.28. The van der Waals surface area contributed by atoms with Crippen LogP contribution in [0.4, 0.5) is 0 Å². The summed E-state index contributed by atoms with van der Waals surface area (Å²) in [7, 11) is -2.39. The van der Waals surface area contributed by atoms with Crippen molar-refractivity contribution < 1.29 is 45.6 Å². The van der Waals surface area contributed by atoms with Crippen molar-refractivity contribution in [3.8, 4) is 5.75 Å². The highest BCUT2D eigenvalue weighted by Gasteiger charge is 2.41. The molecule has 3 aliphatic heterocycles. The third-order valence-corrected chi connectivity index (χ3v) is 14.5. The summed E-state index contributed by atoms with van der Waals surface area (Å²) in [5.74, 6) is -2.36. The predicted molar refractivity (Wildman–Crippen MR) is 285 cm³/mol. The molecule has 3 fully saturated rings. The summed E-state index contributed by atoms with van der Waals surface area (Å²) in [5.41, 5.74) is 1.08. The van der Waals surface area contributed by atoms with Gasteiger partial charge in [-0.1, -0.05) is 113 Å². The molecule has 3 aliphatic rings. The topological polar surface area (TPSA) is 191 Å². The van der Waals surface area contributed by atoms with Crippen LogP contribution in [0.5, 0.6) is 5.75 Å². The van der Waals surface area contributed by atoms with E-state index in [1.54, 1.807) is 12.1 Å². The number of amides is 2. The molecule has 3 heterocycles. The van der Waals surface area contributed by atoms with Crippen molar-refractivity contribution >= 4 is 66.3 Å². The lowest BCUT2D eigenvalue weighted by Gasteiger charge is -2.30. The van der Waals surface area contributed by atoms with E-state index < -0.39 is 62.9 Å². The minimum absolute atomic E-state index is 0.0479. The lowest BCUT2D eigenvalue weighted by Crippen LogP contribution is -2.55. The smallest absolute Gasteiger partial charge is 0.334 e. The lowest BCUT2D eigenvalue weighted by molar-refractivity contribution is -0.147. The van der Waals surface area contributed by atoms with E-state index in [0.717, 1.165) is 42.1 Å². The number of ketones is 1. The van der Waals surface area contributed by atoms with Crippen molar-refractivity contribution in [2.45, 2.75) is 149 Å². The summed E-state index contributed by atoms with van der Waals surface area (Å²) < 4.78 is 59.6. The Hall–Kier alpha value is -4.58. The van der Waals surface area contributed by atoms with Gasteiger partial charge in [0.15, 0.2) is 11.1 Å². The maximum atomic E-state index is 14.0. The number of esters is 1. The second-order valence-electron chi connectivity index (χ2n) is 19.1. The van der Waals surface area contributed by atoms with Gasteiger partial charge in [-0.25, -0.2) is 9.00 Å². The number of fused-ring (bicyclic) bond motifs is 2. The van der Waals surface area contributed by atoms with Crippen molar-refractivity contribution in [1.82, 2.24) is 20.0 Å². The molecule has 0 saturated carbocycles. The normalized spacial score (nSPS) is 19.3. The van der Waals surface area contributed by atoms with Crippen LogP contribution in [-0.2, 0) is 40.4 Å². The zero-order valence-corrected chi connectivity index (χ0v) is 44.6. The van der Waals surface area contributed by atoms with Gasteiger partial charge in [0.2, 0.25) is 11.8 Å². The molecule has 0 bridgehead atoms. The van der Waals surface area contributed by atoms with Gasteiger partial charge in [-0.05, 0) is 143 Å². The largest absolute Gasteiger partial charge is 0.425 e. The Morgan fingerprint density at radius 3 is 2.00 bits per heavy atom. The minimum Gasteiger partial charge on any atom is -0.425 e. The number of ether oxygens (including phenoxy) is 1. The first-order valence-electron chi connectivity index (χ1n) is 25.7. The highest BCUT2D eigenvalue weighted by molar-refractivity contribution is 7.85. The van der Waals surface area contributed by atoms with Gasteiger partial charge in [0.1, 0.15) is 23.6 Å². The average Bonchev–Trinajstić information content (AvgIpc) is 4.13. The maximum absolute atomic E-state index is 14.0. The molecule has 0 radical (unpaired) electrons. The van der Waals surface area contributed by atoms with Gasteiger partial charge in [0, 0.05) is 24.9 Å². The fourth-order valence-corrected chi connectivity index (χ4v) is 10.6. The summed E-state index contributed by atoms with van der Waals surface area (Å²) >= 11 is -1.98. The number of rotatable bonds is 19. The van der Waals surface area contributed by atoms with E-state index in [9.17, 15) is 40.9 Å². The van der Waals surface area contributed by atoms with E-state index in [0.29, 0.717) is 69.8 Å². The number of likely N-dealkylation sites (tertiary alicyclic amines) is 3. The Kier molecular flexibility index (Phi) is 25.3. The van der Waals surface area contributed by atoms with Crippen LogP contribution < -0.4 is 10.1 Å². The van der Waals surface area contributed by atoms with Crippen molar-refractivity contribution in [2.75, 3.05) is 44.7 Å².